The molecule has 18 heavy (non-hydrogen) atoms. The zero-order chi connectivity index (χ0) is 13.0. The fourth-order valence-corrected chi connectivity index (χ4v) is 2.66. The molecule has 1 N–H and O–H groups in total. The highest BCUT2D eigenvalue weighted by Crippen LogP contribution is 2.21. The van der Waals surface area contributed by atoms with Gasteiger partial charge in [0.1, 0.15) is 0 Å². The van der Waals surface area contributed by atoms with Crippen molar-refractivity contribution in [3.05, 3.63) is 68.1 Å². The lowest BCUT2D eigenvalue weighted by atomic mass is 10.2. The molecule has 0 bridgehead atoms. The van der Waals surface area contributed by atoms with Crippen LogP contribution in [-0.4, -0.2) is 0 Å². The average molecular weight is 345 g/mol. The van der Waals surface area contributed by atoms with Crippen LogP contribution in [0.4, 0.5) is 0 Å². The molecule has 0 aromatic heterocycles. The molecule has 0 aliphatic carbocycles. The van der Waals surface area contributed by atoms with Gasteiger partial charge in [-0.1, -0.05) is 63.4 Å². The van der Waals surface area contributed by atoms with Crippen molar-refractivity contribution in [3.8, 4) is 0 Å². The quantitative estimate of drug-likeness (QED) is 0.818. The lowest BCUT2D eigenvalue weighted by molar-refractivity contribution is 0.692. The normalized spacial score (nSPS) is 10.6. The molecule has 0 fully saturated rings. The van der Waals surface area contributed by atoms with Crippen molar-refractivity contribution in [3.63, 3.8) is 0 Å². The Hall–Kier alpha value is -0.540. The zero-order valence-electron chi connectivity index (χ0n) is 9.59. The van der Waals surface area contributed by atoms with Gasteiger partial charge in [0, 0.05) is 27.6 Å². The minimum Gasteiger partial charge on any atom is -0.309 e. The van der Waals surface area contributed by atoms with Gasteiger partial charge in [-0.05, 0) is 29.3 Å². The molecule has 0 aliphatic heterocycles. The lowest BCUT2D eigenvalue weighted by Gasteiger charge is -2.08. The van der Waals surface area contributed by atoms with Gasteiger partial charge >= 0.3 is 0 Å². The summed E-state index contributed by atoms with van der Waals surface area (Å²) in [6.07, 6.45) is 0. The summed E-state index contributed by atoms with van der Waals surface area (Å²) in [5, 5.41) is 4.89. The Morgan fingerprint density at radius 3 is 2.39 bits per heavy atom. The van der Waals surface area contributed by atoms with Crippen molar-refractivity contribution in [1.82, 2.24) is 5.32 Å². The van der Waals surface area contributed by atoms with Crippen molar-refractivity contribution < 1.29 is 0 Å². The van der Waals surface area contributed by atoms with Crippen LogP contribution in [0.5, 0.6) is 0 Å². The fraction of sp³-hybridized carbons (Fsp3) is 0.143. The van der Waals surface area contributed by atoms with Crippen LogP contribution in [0.25, 0.3) is 0 Å². The molecule has 0 heterocycles. The van der Waals surface area contributed by atoms with Gasteiger partial charge in [0.15, 0.2) is 0 Å². The second-order valence-corrected chi connectivity index (χ2v) is 5.63. The van der Waals surface area contributed by atoms with E-state index in [1.165, 1.54) is 5.56 Å². The Labute approximate surface area is 125 Å². The zero-order valence-corrected chi connectivity index (χ0v) is 12.7. The fourth-order valence-electron chi connectivity index (χ4n) is 1.64. The van der Waals surface area contributed by atoms with Gasteiger partial charge in [0.2, 0.25) is 0 Å². The van der Waals surface area contributed by atoms with E-state index in [0.717, 1.165) is 33.2 Å². The van der Waals surface area contributed by atoms with Crippen LogP contribution in [0.1, 0.15) is 11.1 Å². The molecule has 0 saturated carbocycles. The highest BCUT2D eigenvalue weighted by Gasteiger charge is 2.02. The largest absolute Gasteiger partial charge is 0.309 e. The highest BCUT2D eigenvalue weighted by molar-refractivity contribution is 9.10. The molecule has 4 heteroatoms. The predicted molar refractivity (Wildman–Crippen MR) is 81.1 cm³/mol. The molecule has 0 aliphatic rings. The van der Waals surface area contributed by atoms with Crippen LogP contribution in [0, 0.1) is 0 Å². The van der Waals surface area contributed by atoms with Gasteiger partial charge in [-0.15, -0.1) is 0 Å². The Kier molecular flexibility index (Phi) is 5.07. The van der Waals surface area contributed by atoms with E-state index in [0.29, 0.717) is 0 Å². The average Bonchev–Trinajstić information content (AvgIpc) is 2.34. The van der Waals surface area contributed by atoms with Crippen LogP contribution in [-0.2, 0) is 13.1 Å². The van der Waals surface area contributed by atoms with Crippen LogP contribution in [0.2, 0.25) is 10.0 Å². The molecular formula is C14H12BrCl2N. The third-order valence-corrected chi connectivity index (χ3v) is 3.95. The first-order chi connectivity index (χ1) is 8.66. The molecule has 0 spiro atoms. The molecule has 2 aromatic carbocycles. The number of nitrogens with one attached hydrogen (secondary N) is 1. The maximum Gasteiger partial charge on any atom is 0.0450 e. The third kappa shape index (κ3) is 3.72. The summed E-state index contributed by atoms with van der Waals surface area (Å²) in [4.78, 5) is 0. The summed E-state index contributed by atoms with van der Waals surface area (Å²) in [7, 11) is 0. The van der Waals surface area contributed by atoms with Crippen molar-refractivity contribution in [2.75, 3.05) is 0 Å². The van der Waals surface area contributed by atoms with E-state index in [1.54, 1.807) is 0 Å². The van der Waals surface area contributed by atoms with Gasteiger partial charge in [0.05, 0.1) is 0 Å². The molecule has 0 atom stereocenters. The summed E-state index contributed by atoms with van der Waals surface area (Å²) in [5.74, 6) is 0. The summed E-state index contributed by atoms with van der Waals surface area (Å²) < 4.78 is 1.02. The number of hydrogen-bond acceptors (Lipinski definition) is 1. The third-order valence-electron chi connectivity index (χ3n) is 2.60. The van der Waals surface area contributed by atoms with Crippen molar-refractivity contribution in [2.24, 2.45) is 0 Å². The number of benzene rings is 2. The summed E-state index contributed by atoms with van der Waals surface area (Å²) in [6.45, 7) is 1.51. The Bertz CT molecular complexity index is 543. The second-order valence-electron chi connectivity index (χ2n) is 3.93. The standard InChI is InChI=1S/C14H12BrCl2N/c15-13-7-12(16)6-5-10(13)8-18-9-11-3-1-2-4-14(11)17/h1-7,18H,8-9H2. The molecule has 0 saturated heterocycles. The number of hydrogen-bond donors (Lipinski definition) is 1. The van der Waals surface area contributed by atoms with Crippen LogP contribution >= 0.6 is 39.1 Å². The highest BCUT2D eigenvalue weighted by atomic mass is 79.9. The predicted octanol–water partition coefficient (Wildman–Crippen LogP) is 5.05. The molecule has 0 unspecified atom stereocenters. The van der Waals surface area contributed by atoms with E-state index in [1.807, 2.05) is 42.5 Å². The topological polar surface area (TPSA) is 12.0 Å². The Morgan fingerprint density at radius 2 is 1.67 bits per heavy atom. The first-order valence-corrected chi connectivity index (χ1v) is 7.10. The van der Waals surface area contributed by atoms with Crippen molar-refractivity contribution in [1.29, 1.82) is 0 Å². The minimum absolute atomic E-state index is 0.733. The molecule has 1 nitrogen and oxygen atoms in total. The summed E-state index contributed by atoms with van der Waals surface area (Å²) in [6, 6.07) is 13.6. The molecule has 0 amide bonds. The molecule has 0 radical (unpaired) electrons. The minimum atomic E-state index is 0.733. The lowest BCUT2D eigenvalue weighted by Crippen LogP contribution is -2.13. The van der Waals surface area contributed by atoms with Gasteiger partial charge in [-0.3, -0.25) is 0 Å². The van der Waals surface area contributed by atoms with Gasteiger partial charge < -0.3 is 5.32 Å². The maximum absolute atomic E-state index is 6.09. The van der Waals surface area contributed by atoms with Gasteiger partial charge in [-0.25, -0.2) is 0 Å². The first kappa shape index (κ1) is 13.9. The van der Waals surface area contributed by atoms with E-state index < -0.39 is 0 Å². The monoisotopic (exact) mass is 343 g/mol. The maximum atomic E-state index is 6.09. The van der Waals surface area contributed by atoms with Crippen LogP contribution < -0.4 is 5.32 Å². The van der Waals surface area contributed by atoms with E-state index >= 15 is 0 Å². The molecule has 2 aromatic rings. The summed E-state index contributed by atoms with van der Waals surface area (Å²) >= 11 is 15.5. The van der Waals surface area contributed by atoms with Crippen LogP contribution in [0.3, 0.4) is 0 Å². The van der Waals surface area contributed by atoms with Gasteiger partial charge in [-0.2, -0.15) is 0 Å². The second kappa shape index (κ2) is 6.58. The van der Waals surface area contributed by atoms with E-state index in [4.69, 9.17) is 23.2 Å². The smallest absolute Gasteiger partial charge is 0.0450 e. The number of rotatable bonds is 4. The van der Waals surface area contributed by atoms with E-state index in [9.17, 15) is 0 Å². The van der Waals surface area contributed by atoms with Crippen molar-refractivity contribution in [2.45, 2.75) is 13.1 Å². The molecular weight excluding hydrogens is 333 g/mol. The SMILES string of the molecule is Clc1ccc(CNCc2ccccc2Cl)c(Br)c1. The summed E-state index contributed by atoms with van der Waals surface area (Å²) in [5.41, 5.74) is 2.27. The molecule has 94 valence electrons. The Balaban J connectivity index is 1.95. The van der Waals surface area contributed by atoms with E-state index in [-0.39, 0.29) is 0 Å². The van der Waals surface area contributed by atoms with Gasteiger partial charge in [0.25, 0.3) is 0 Å². The Morgan fingerprint density at radius 1 is 0.944 bits per heavy atom. The number of halogens is 3. The molecule has 2 rings (SSSR count). The van der Waals surface area contributed by atoms with Crippen LogP contribution in [0.15, 0.2) is 46.9 Å². The van der Waals surface area contributed by atoms with Crippen molar-refractivity contribution >= 4 is 39.1 Å². The first-order valence-electron chi connectivity index (χ1n) is 5.55. The van der Waals surface area contributed by atoms with E-state index in [2.05, 4.69) is 21.2 Å².